The smallest absolute Gasteiger partial charge is 0.319 e. The average Bonchev–Trinajstić information content (AvgIpc) is 3.25. The summed E-state index contributed by atoms with van der Waals surface area (Å²) >= 11 is 6.15. The number of benzene rings is 2. The van der Waals surface area contributed by atoms with E-state index in [0.717, 1.165) is 13.0 Å². The summed E-state index contributed by atoms with van der Waals surface area (Å²) in [5, 5.41) is 7.21. The zero-order valence-electron chi connectivity index (χ0n) is 14.0. The minimum atomic E-state index is -0.303. The van der Waals surface area contributed by atoms with Crippen molar-refractivity contribution in [2.75, 3.05) is 18.7 Å². The summed E-state index contributed by atoms with van der Waals surface area (Å²) in [6.07, 6.45) is 2.89. The Bertz CT molecular complexity index is 954. The fourth-order valence-electron chi connectivity index (χ4n) is 2.97. The SMILES string of the molecule is O=C(NCCCn1ccc2ccccc21)Nc1cc2c(cc1Cl)OCO2. The Labute approximate surface area is 155 Å². The van der Waals surface area contributed by atoms with Gasteiger partial charge in [0.25, 0.3) is 0 Å². The molecule has 1 aromatic heterocycles. The number of nitrogens with zero attached hydrogens (tertiary/aromatic N) is 1. The van der Waals surface area contributed by atoms with E-state index in [2.05, 4.69) is 39.6 Å². The number of nitrogens with one attached hydrogen (secondary N) is 2. The number of carbonyl (C=O) groups excluding carboxylic acids is 1. The minimum absolute atomic E-state index is 0.162. The lowest BCUT2D eigenvalue weighted by Crippen LogP contribution is -2.30. The van der Waals surface area contributed by atoms with Crippen LogP contribution in [0.2, 0.25) is 5.02 Å². The summed E-state index contributed by atoms with van der Waals surface area (Å²) in [7, 11) is 0. The van der Waals surface area contributed by atoms with E-state index in [4.69, 9.17) is 21.1 Å². The second-order valence-electron chi connectivity index (χ2n) is 5.99. The Hall–Kier alpha value is -2.86. The highest BCUT2D eigenvalue weighted by Gasteiger charge is 2.17. The molecule has 0 aliphatic carbocycles. The van der Waals surface area contributed by atoms with Crippen LogP contribution < -0.4 is 20.1 Å². The third kappa shape index (κ3) is 3.41. The molecule has 2 amide bonds. The lowest BCUT2D eigenvalue weighted by Gasteiger charge is -2.10. The van der Waals surface area contributed by atoms with Crippen molar-refractivity contribution in [2.45, 2.75) is 13.0 Å². The lowest BCUT2D eigenvalue weighted by atomic mass is 10.2. The molecule has 0 radical (unpaired) electrons. The first-order valence-electron chi connectivity index (χ1n) is 8.38. The molecule has 3 aromatic rings. The number of aryl methyl sites for hydroxylation is 1. The van der Waals surface area contributed by atoms with E-state index >= 15 is 0 Å². The molecule has 2 aromatic carbocycles. The van der Waals surface area contributed by atoms with Crippen molar-refractivity contribution in [3.63, 3.8) is 0 Å². The summed E-state index contributed by atoms with van der Waals surface area (Å²) in [5.74, 6) is 1.16. The van der Waals surface area contributed by atoms with E-state index in [1.807, 2.05) is 12.1 Å². The first-order chi connectivity index (χ1) is 12.7. The first-order valence-corrected chi connectivity index (χ1v) is 8.76. The maximum Gasteiger partial charge on any atom is 0.319 e. The average molecular weight is 372 g/mol. The Morgan fingerprint density at radius 1 is 1.15 bits per heavy atom. The van der Waals surface area contributed by atoms with Crippen molar-refractivity contribution < 1.29 is 14.3 Å². The number of para-hydroxylation sites is 1. The van der Waals surface area contributed by atoms with Crippen molar-refractivity contribution in [3.05, 3.63) is 53.7 Å². The zero-order valence-corrected chi connectivity index (χ0v) is 14.8. The van der Waals surface area contributed by atoms with Crippen LogP contribution in [-0.4, -0.2) is 23.9 Å². The molecule has 0 unspecified atom stereocenters. The van der Waals surface area contributed by atoms with Crippen LogP contribution in [0.15, 0.2) is 48.7 Å². The lowest BCUT2D eigenvalue weighted by molar-refractivity contribution is 0.174. The van der Waals surface area contributed by atoms with Gasteiger partial charge in [-0.05, 0) is 23.9 Å². The zero-order chi connectivity index (χ0) is 17.9. The van der Waals surface area contributed by atoms with E-state index in [-0.39, 0.29) is 12.8 Å². The van der Waals surface area contributed by atoms with Gasteiger partial charge < -0.3 is 24.7 Å². The topological polar surface area (TPSA) is 64.5 Å². The van der Waals surface area contributed by atoms with Gasteiger partial charge in [0.1, 0.15) is 0 Å². The van der Waals surface area contributed by atoms with Crippen LogP contribution in [0.25, 0.3) is 10.9 Å². The van der Waals surface area contributed by atoms with Crippen LogP contribution in [0, 0.1) is 0 Å². The molecule has 1 aliphatic rings. The second-order valence-corrected chi connectivity index (χ2v) is 6.39. The Morgan fingerprint density at radius 2 is 1.96 bits per heavy atom. The first kappa shape index (κ1) is 16.6. The third-order valence-electron chi connectivity index (χ3n) is 4.25. The monoisotopic (exact) mass is 371 g/mol. The molecule has 7 heteroatoms. The Morgan fingerprint density at radius 3 is 2.85 bits per heavy atom. The van der Waals surface area contributed by atoms with Crippen LogP contribution in [0.3, 0.4) is 0 Å². The standard InChI is InChI=1S/C19H18ClN3O3/c20-14-10-17-18(26-12-25-17)11-15(14)22-19(24)21-7-3-8-23-9-6-13-4-1-2-5-16(13)23/h1-2,4-6,9-11H,3,7-8,12H2,(H2,21,22,24). The molecule has 0 bridgehead atoms. The number of aromatic nitrogens is 1. The molecular formula is C19H18ClN3O3. The molecule has 0 spiro atoms. The molecular weight excluding hydrogens is 354 g/mol. The largest absolute Gasteiger partial charge is 0.454 e. The molecule has 134 valence electrons. The van der Waals surface area contributed by atoms with Crippen LogP contribution in [0.5, 0.6) is 11.5 Å². The Balaban J connectivity index is 1.28. The Kier molecular flexibility index (Phi) is 4.58. The molecule has 0 saturated heterocycles. The predicted molar refractivity (Wildman–Crippen MR) is 101 cm³/mol. The van der Waals surface area contributed by atoms with Gasteiger partial charge in [-0.2, -0.15) is 0 Å². The minimum Gasteiger partial charge on any atom is -0.454 e. The van der Waals surface area contributed by atoms with Gasteiger partial charge in [0, 0.05) is 36.9 Å². The normalized spacial score (nSPS) is 12.3. The fourth-order valence-corrected chi connectivity index (χ4v) is 3.17. The molecule has 2 heterocycles. The number of anilines is 1. The van der Waals surface area contributed by atoms with Gasteiger partial charge in [-0.15, -0.1) is 0 Å². The van der Waals surface area contributed by atoms with Crippen molar-refractivity contribution >= 4 is 34.2 Å². The summed E-state index contributed by atoms with van der Waals surface area (Å²) < 4.78 is 12.7. The number of rotatable bonds is 5. The highest BCUT2D eigenvalue weighted by atomic mass is 35.5. The van der Waals surface area contributed by atoms with E-state index in [9.17, 15) is 4.79 Å². The van der Waals surface area contributed by atoms with Gasteiger partial charge in [0.15, 0.2) is 11.5 Å². The van der Waals surface area contributed by atoms with Gasteiger partial charge in [-0.25, -0.2) is 4.79 Å². The van der Waals surface area contributed by atoms with Crippen LogP contribution in [0.4, 0.5) is 10.5 Å². The fraction of sp³-hybridized carbons (Fsp3) is 0.211. The summed E-state index contributed by atoms with van der Waals surface area (Å²) in [4.78, 5) is 12.1. The highest BCUT2D eigenvalue weighted by molar-refractivity contribution is 6.34. The molecule has 26 heavy (non-hydrogen) atoms. The maximum absolute atomic E-state index is 12.1. The van der Waals surface area contributed by atoms with Crippen LogP contribution in [-0.2, 0) is 6.54 Å². The summed E-state index contributed by atoms with van der Waals surface area (Å²) in [6.45, 7) is 1.55. The predicted octanol–water partition coefficient (Wildman–Crippen LogP) is 4.24. The molecule has 0 saturated carbocycles. The van der Waals surface area contributed by atoms with E-state index in [1.54, 1.807) is 12.1 Å². The number of halogens is 1. The van der Waals surface area contributed by atoms with Gasteiger partial charge in [-0.1, -0.05) is 29.8 Å². The second kappa shape index (κ2) is 7.17. The molecule has 0 atom stereocenters. The van der Waals surface area contributed by atoms with Gasteiger partial charge >= 0.3 is 6.03 Å². The maximum atomic E-state index is 12.1. The third-order valence-corrected chi connectivity index (χ3v) is 4.56. The van der Waals surface area contributed by atoms with Crippen molar-refractivity contribution in [3.8, 4) is 11.5 Å². The number of urea groups is 1. The number of fused-ring (bicyclic) bond motifs is 2. The van der Waals surface area contributed by atoms with Gasteiger partial charge in [-0.3, -0.25) is 0 Å². The number of hydrogen-bond donors (Lipinski definition) is 2. The van der Waals surface area contributed by atoms with Crippen molar-refractivity contribution in [1.29, 1.82) is 0 Å². The van der Waals surface area contributed by atoms with Crippen molar-refractivity contribution in [1.82, 2.24) is 9.88 Å². The van der Waals surface area contributed by atoms with Gasteiger partial charge in [0.05, 0.1) is 10.7 Å². The molecule has 4 rings (SSSR count). The van der Waals surface area contributed by atoms with Crippen LogP contribution >= 0.6 is 11.6 Å². The molecule has 0 fully saturated rings. The number of ether oxygens (including phenoxy) is 2. The van der Waals surface area contributed by atoms with Crippen molar-refractivity contribution in [2.24, 2.45) is 0 Å². The highest BCUT2D eigenvalue weighted by Crippen LogP contribution is 2.39. The molecule has 6 nitrogen and oxygen atoms in total. The summed E-state index contributed by atoms with van der Waals surface area (Å²) in [5.41, 5.74) is 1.69. The number of amides is 2. The van der Waals surface area contributed by atoms with Gasteiger partial charge in [0.2, 0.25) is 6.79 Å². The van der Waals surface area contributed by atoms with E-state index in [1.165, 1.54) is 10.9 Å². The summed E-state index contributed by atoms with van der Waals surface area (Å²) in [6, 6.07) is 13.3. The number of hydrogen-bond acceptors (Lipinski definition) is 3. The molecule has 1 aliphatic heterocycles. The van der Waals surface area contributed by atoms with Crippen LogP contribution in [0.1, 0.15) is 6.42 Å². The number of carbonyl (C=O) groups is 1. The van der Waals surface area contributed by atoms with E-state index < -0.39 is 0 Å². The van der Waals surface area contributed by atoms with E-state index in [0.29, 0.717) is 28.8 Å². The molecule has 2 N–H and O–H groups in total. The quantitative estimate of drug-likeness (QED) is 0.659.